The normalized spacial score (nSPS) is 9.80. The summed E-state index contributed by atoms with van der Waals surface area (Å²) < 4.78 is 0. The van der Waals surface area contributed by atoms with E-state index >= 15 is 0 Å². The summed E-state index contributed by atoms with van der Waals surface area (Å²) in [6.07, 6.45) is 0. The molecule has 54 valence electrons. The molecule has 0 aromatic heterocycles. The lowest BCUT2D eigenvalue weighted by Crippen LogP contribution is -1.80. The zero-order chi connectivity index (χ0) is 7.40. The highest BCUT2D eigenvalue weighted by molar-refractivity contribution is 7.79. The first-order valence-corrected chi connectivity index (χ1v) is 4.43. The van der Waals surface area contributed by atoms with Crippen LogP contribution >= 0.6 is 25.3 Å². The maximum atomic E-state index is 4.17. The van der Waals surface area contributed by atoms with E-state index in [2.05, 4.69) is 43.5 Å². The Bertz CT molecular complexity index is 189. The third-order valence-corrected chi connectivity index (χ3v) is 2.09. The van der Waals surface area contributed by atoms with E-state index in [0.29, 0.717) is 0 Å². The molecular weight excluding hydrogens is 160 g/mol. The van der Waals surface area contributed by atoms with E-state index in [1.165, 1.54) is 11.1 Å². The van der Waals surface area contributed by atoms with Gasteiger partial charge in [0.25, 0.3) is 0 Å². The minimum Gasteiger partial charge on any atom is -0.175 e. The zero-order valence-corrected chi connectivity index (χ0v) is 7.41. The van der Waals surface area contributed by atoms with Gasteiger partial charge in [-0.2, -0.15) is 25.3 Å². The maximum Gasteiger partial charge on any atom is 0.0154 e. The lowest BCUT2D eigenvalue weighted by molar-refractivity contribution is 1.34. The Labute approximate surface area is 72.5 Å². The standard InChI is InChI=1S/C8H10S2/c9-5-7-2-1-3-8(4-7)6-10/h1-4,9-10H,5-6H2. The molecule has 1 aromatic carbocycles. The van der Waals surface area contributed by atoms with Gasteiger partial charge in [-0.3, -0.25) is 0 Å². The predicted molar refractivity (Wildman–Crippen MR) is 51.8 cm³/mol. The van der Waals surface area contributed by atoms with Crippen molar-refractivity contribution in [3.63, 3.8) is 0 Å². The Morgan fingerprint density at radius 2 is 1.50 bits per heavy atom. The molecule has 0 amide bonds. The summed E-state index contributed by atoms with van der Waals surface area (Å²) in [5, 5.41) is 0. The first-order valence-electron chi connectivity index (χ1n) is 3.16. The van der Waals surface area contributed by atoms with Gasteiger partial charge in [-0.25, -0.2) is 0 Å². The van der Waals surface area contributed by atoms with Gasteiger partial charge in [0.05, 0.1) is 0 Å². The monoisotopic (exact) mass is 170 g/mol. The van der Waals surface area contributed by atoms with Crippen LogP contribution in [-0.4, -0.2) is 0 Å². The number of rotatable bonds is 2. The third-order valence-electron chi connectivity index (χ3n) is 1.36. The molecule has 2 heteroatoms. The number of thiol groups is 2. The van der Waals surface area contributed by atoms with Crippen LogP contribution < -0.4 is 0 Å². The molecule has 0 fully saturated rings. The minimum atomic E-state index is 0.807. The highest BCUT2D eigenvalue weighted by atomic mass is 32.1. The quantitative estimate of drug-likeness (QED) is 0.626. The summed E-state index contributed by atoms with van der Waals surface area (Å²) in [6.45, 7) is 0. The number of hydrogen-bond donors (Lipinski definition) is 2. The Hall–Kier alpha value is -0.0800. The zero-order valence-electron chi connectivity index (χ0n) is 5.62. The van der Waals surface area contributed by atoms with E-state index in [0.717, 1.165) is 11.5 Å². The van der Waals surface area contributed by atoms with Gasteiger partial charge in [-0.15, -0.1) is 0 Å². The molecule has 0 heterocycles. The molecule has 0 unspecified atom stereocenters. The molecule has 0 nitrogen and oxygen atoms in total. The highest BCUT2D eigenvalue weighted by Crippen LogP contribution is 2.08. The topological polar surface area (TPSA) is 0 Å². The fourth-order valence-electron chi connectivity index (χ4n) is 0.826. The van der Waals surface area contributed by atoms with Crippen LogP contribution in [-0.2, 0) is 11.5 Å². The van der Waals surface area contributed by atoms with Gasteiger partial charge in [-0.05, 0) is 11.1 Å². The molecule has 0 aliphatic rings. The first-order chi connectivity index (χ1) is 4.86. The van der Waals surface area contributed by atoms with Crippen molar-refractivity contribution in [3.8, 4) is 0 Å². The van der Waals surface area contributed by atoms with Gasteiger partial charge >= 0.3 is 0 Å². The molecule has 0 aliphatic heterocycles. The predicted octanol–water partition coefficient (Wildman–Crippen LogP) is 2.55. The second kappa shape index (κ2) is 3.94. The lowest BCUT2D eigenvalue weighted by atomic mass is 10.2. The van der Waals surface area contributed by atoms with E-state index < -0.39 is 0 Å². The van der Waals surface area contributed by atoms with Crippen LogP contribution in [0.5, 0.6) is 0 Å². The van der Waals surface area contributed by atoms with Gasteiger partial charge < -0.3 is 0 Å². The molecule has 0 radical (unpaired) electrons. The van der Waals surface area contributed by atoms with Crippen LogP contribution in [0.4, 0.5) is 0 Å². The molecule has 0 spiro atoms. The molecule has 0 saturated heterocycles. The summed E-state index contributed by atoms with van der Waals surface area (Å²) in [4.78, 5) is 0. The SMILES string of the molecule is SCc1cccc(CS)c1. The molecule has 0 N–H and O–H groups in total. The van der Waals surface area contributed by atoms with Crippen LogP contribution in [0, 0.1) is 0 Å². The highest BCUT2D eigenvalue weighted by Gasteiger charge is 1.90. The second-order valence-corrected chi connectivity index (χ2v) is 2.77. The average molecular weight is 170 g/mol. The molecule has 0 aliphatic carbocycles. The fourth-order valence-corrected chi connectivity index (χ4v) is 1.22. The fraction of sp³-hybridized carbons (Fsp3) is 0.250. The van der Waals surface area contributed by atoms with Crippen molar-refractivity contribution < 1.29 is 0 Å². The summed E-state index contributed by atoms with van der Waals surface area (Å²) in [5.74, 6) is 1.61. The van der Waals surface area contributed by atoms with Crippen molar-refractivity contribution in [1.29, 1.82) is 0 Å². The molecular formula is C8H10S2. The van der Waals surface area contributed by atoms with Crippen molar-refractivity contribution in [3.05, 3.63) is 35.4 Å². The summed E-state index contributed by atoms with van der Waals surface area (Å²) >= 11 is 8.34. The van der Waals surface area contributed by atoms with Crippen LogP contribution in [0.3, 0.4) is 0 Å². The van der Waals surface area contributed by atoms with Crippen LogP contribution in [0.1, 0.15) is 11.1 Å². The Morgan fingerprint density at radius 1 is 1.00 bits per heavy atom. The van der Waals surface area contributed by atoms with Crippen LogP contribution in [0.2, 0.25) is 0 Å². The van der Waals surface area contributed by atoms with Crippen molar-refractivity contribution in [2.75, 3.05) is 0 Å². The number of hydrogen-bond acceptors (Lipinski definition) is 2. The van der Waals surface area contributed by atoms with Crippen molar-refractivity contribution in [2.24, 2.45) is 0 Å². The average Bonchev–Trinajstić information content (AvgIpc) is 2.05. The summed E-state index contributed by atoms with van der Waals surface area (Å²) in [7, 11) is 0. The molecule has 1 rings (SSSR count). The van der Waals surface area contributed by atoms with E-state index in [-0.39, 0.29) is 0 Å². The molecule has 1 aromatic rings. The van der Waals surface area contributed by atoms with E-state index in [4.69, 9.17) is 0 Å². The molecule has 0 saturated carbocycles. The minimum absolute atomic E-state index is 0.807. The molecule has 0 atom stereocenters. The smallest absolute Gasteiger partial charge is 0.0154 e. The van der Waals surface area contributed by atoms with Crippen LogP contribution in [0.25, 0.3) is 0 Å². The Kier molecular flexibility index (Phi) is 3.16. The largest absolute Gasteiger partial charge is 0.175 e. The van der Waals surface area contributed by atoms with E-state index in [9.17, 15) is 0 Å². The van der Waals surface area contributed by atoms with Gasteiger partial charge in [0.2, 0.25) is 0 Å². The maximum absolute atomic E-state index is 4.17. The van der Waals surface area contributed by atoms with Crippen molar-refractivity contribution in [1.82, 2.24) is 0 Å². The van der Waals surface area contributed by atoms with E-state index in [1.54, 1.807) is 0 Å². The molecule has 10 heavy (non-hydrogen) atoms. The van der Waals surface area contributed by atoms with E-state index in [1.807, 2.05) is 6.07 Å². The van der Waals surface area contributed by atoms with Gasteiger partial charge in [0.1, 0.15) is 0 Å². The van der Waals surface area contributed by atoms with Gasteiger partial charge in [-0.1, -0.05) is 24.3 Å². The van der Waals surface area contributed by atoms with Gasteiger partial charge in [0.15, 0.2) is 0 Å². The van der Waals surface area contributed by atoms with Gasteiger partial charge in [0, 0.05) is 11.5 Å². The second-order valence-electron chi connectivity index (χ2n) is 2.14. The Balaban J connectivity index is 2.87. The van der Waals surface area contributed by atoms with Crippen LogP contribution in [0.15, 0.2) is 24.3 Å². The number of benzene rings is 1. The van der Waals surface area contributed by atoms with Crippen molar-refractivity contribution in [2.45, 2.75) is 11.5 Å². The third kappa shape index (κ3) is 1.96. The molecule has 0 bridgehead atoms. The van der Waals surface area contributed by atoms with Crippen molar-refractivity contribution >= 4 is 25.3 Å². The summed E-state index contributed by atoms with van der Waals surface area (Å²) in [5.41, 5.74) is 2.52. The summed E-state index contributed by atoms with van der Waals surface area (Å²) in [6, 6.07) is 8.30. The Morgan fingerprint density at radius 3 is 1.90 bits per heavy atom. The lowest BCUT2D eigenvalue weighted by Gasteiger charge is -1.97. The first kappa shape index (κ1) is 8.02.